The summed E-state index contributed by atoms with van der Waals surface area (Å²) >= 11 is 0. The van der Waals surface area contributed by atoms with E-state index in [1.165, 1.54) is 116 Å². The van der Waals surface area contributed by atoms with Gasteiger partial charge >= 0.3 is 6.03 Å². The summed E-state index contributed by atoms with van der Waals surface area (Å²) in [4.78, 5) is 11.6. The van der Waals surface area contributed by atoms with Crippen molar-refractivity contribution in [2.24, 2.45) is 10.2 Å². The van der Waals surface area contributed by atoms with E-state index in [9.17, 15) is 4.79 Å². The van der Waals surface area contributed by atoms with Gasteiger partial charge in [0, 0.05) is 6.54 Å². The number of hydrogen-bond acceptors (Lipinski definition) is 2. The van der Waals surface area contributed by atoms with Gasteiger partial charge in [-0.1, -0.05) is 135 Å². The van der Waals surface area contributed by atoms with Crippen molar-refractivity contribution in [3.05, 3.63) is 0 Å². The lowest BCUT2D eigenvalue weighted by Crippen LogP contribution is -2.20. The molecule has 0 spiro atoms. The molecule has 2 amide bonds. The first-order valence-corrected chi connectivity index (χ1v) is 13.0. The molecule has 0 saturated heterocycles. The average molecular weight is 410 g/mol. The second-order valence-electron chi connectivity index (χ2n) is 8.56. The fraction of sp³-hybridized carbons (Fsp3) is 0.960. The van der Waals surface area contributed by atoms with E-state index in [0.29, 0.717) is 6.54 Å². The molecule has 0 radical (unpaired) electrons. The molecular formula is C25H51N3O. The number of hydrogen-bond donors (Lipinski definition) is 1. The van der Waals surface area contributed by atoms with E-state index in [2.05, 4.69) is 29.4 Å². The van der Waals surface area contributed by atoms with Crippen LogP contribution >= 0.6 is 0 Å². The lowest BCUT2D eigenvalue weighted by atomic mass is 10.1. The van der Waals surface area contributed by atoms with Gasteiger partial charge in [-0.2, -0.15) is 5.11 Å². The molecule has 0 fully saturated rings. The zero-order valence-electron chi connectivity index (χ0n) is 19.9. The molecule has 0 aromatic heterocycles. The minimum Gasteiger partial charge on any atom is -0.335 e. The molecule has 0 rings (SSSR count). The zero-order valence-corrected chi connectivity index (χ0v) is 19.9. The van der Waals surface area contributed by atoms with Gasteiger partial charge in [0.15, 0.2) is 0 Å². The SMILES string of the molecule is CCCCCCCCCCCCN=NC(=O)NCCCCCCCCCCCC. The van der Waals surface area contributed by atoms with Gasteiger partial charge in [0.2, 0.25) is 0 Å². The van der Waals surface area contributed by atoms with Crippen molar-refractivity contribution in [2.45, 2.75) is 142 Å². The molecule has 4 nitrogen and oxygen atoms in total. The van der Waals surface area contributed by atoms with Gasteiger partial charge in [-0.3, -0.25) is 0 Å². The molecule has 0 aromatic rings. The average Bonchev–Trinajstić information content (AvgIpc) is 2.72. The molecule has 0 bridgehead atoms. The molecular weight excluding hydrogens is 358 g/mol. The maximum Gasteiger partial charge on any atom is 0.359 e. The first-order valence-electron chi connectivity index (χ1n) is 13.0. The van der Waals surface area contributed by atoms with E-state index >= 15 is 0 Å². The quantitative estimate of drug-likeness (QED) is 0.141. The van der Waals surface area contributed by atoms with E-state index < -0.39 is 0 Å². The number of azo groups is 1. The molecule has 0 aliphatic carbocycles. The van der Waals surface area contributed by atoms with Crippen LogP contribution in [0, 0.1) is 0 Å². The Kier molecular flexibility index (Phi) is 24.3. The van der Waals surface area contributed by atoms with Crippen LogP contribution in [0.2, 0.25) is 0 Å². The lowest BCUT2D eigenvalue weighted by Gasteiger charge is -2.03. The normalized spacial score (nSPS) is 11.4. The van der Waals surface area contributed by atoms with Crippen molar-refractivity contribution in [3.8, 4) is 0 Å². The molecule has 29 heavy (non-hydrogen) atoms. The maximum atomic E-state index is 11.6. The Morgan fingerprint density at radius 2 is 0.931 bits per heavy atom. The Hall–Kier alpha value is -0.930. The second kappa shape index (κ2) is 25.1. The van der Waals surface area contributed by atoms with Gasteiger partial charge in [0.25, 0.3) is 0 Å². The largest absolute Gasteiger partial charge is 0.359 e. The van der Waals surface area contributed by atoms with E-state index in [1.54, 1.807) is 0 Å². The number of nitrogens with one attached hydrogen (secondary N) is 1. The Bertz CT molecular complexity index is 358. The third-order valence-electron chi connectivity index (χ3n) is 5.58. The van der Waals surface area contributed by atoms with Crippen molar-refractivity contribution in [3.63, 3.8) is 0 Å². The smallest absolute Gasteiger partial charge is 0.335 e. The standard InChI is InChI=1S/C25H51N3O/c1-3-5-7-9-11-13-15-17-19-21-23-26-25(29)28-27-24-22-20-18-16-14-12-10-8-6-4-2/h3-24H2,1-2H3,(H,26,29). The van der Waals surface area contributed by atoms with Crippen LogP contribution in [-0.2, 0) is 0 Å². The fourth-order valence-corrected chi connectivity index (χ4v) is 3.63. The van der Waals surface area contributed by atoms with Gasteiger partial charge < -0.3 is 5.32 Å². The van der Waals surface area contributed by atoms with Gasteiger partial charge in [0.05, 0.1) is 6.54 Å². The molecule has 0 heterocycles. The second-order valence-corrected chi connectivity index (χ2v) is 8.56. The van der Waals surface area contributed by atoms with Gasteiger partial charge in [-0.05, 0) is 12.8 Å². The number of nitrogens with zero attached hydrogens (tertiary/aromatic N) is 2. The van der Waals surface area contributed by atoms with Crippen LogP contribution in [0.15, 0.2) is 10.2 Å². The maximum absolute atomic E-state index is 11.6. The van der Waals surface area contributed by atoms with Crippen LogP contribution in [0.3, 0.4) is 0 Å². The number of rotatable bonds is 22. The minimum atomic E-state index is -0.270. The predicted octanol–water partition coefficient (Wildman–Crippen LogP) is 8.99. The van der Waals surface area contributed by atoms with E-state index in [1.807, 2.05) is 0 Å². The summed E-state index contributed by atoms with van der Waals surface area (Å²) in [6.07, 6.45) is 26.3. The minimum absolute atomic E-state index is 0.270. The molecule has 0 unspecified atom stereocenters. The Balaban J connectivity index is 3.23. The Morgan fingerprint density at radius 1 is 0.552 bits per heavy atom. The summed E-state index contributed by atoms with van der Waals surface area (Å²) < 4.78 is 0. The summed E-state index contributed by atoms with van der Waals surface area (Å²) in [6.45, 7) is 5.94. The summed E-state index contributed by atoms with van der Waals surface area (Å²) in [6, 6.07) is -0.270. The third kappa shape index (κ3) is 25.0. The van der Waals surface area contributed by atoms with Gasteiger partial charge in [-0.25, -0.2) is 4.79 Å². The summed E-state index contributed by atoms with van der Waals surface area (Å²) in [7, 11) is 0. The van der Waals surface area contributed by atoms with E-state index in [-0.39, 0.29) is 6.03 Å². The van der Waals surface area contributed by atoms with Gasteiger partial charge in [-0.15, -0.1) is 0 Å². The fourth-order valence-electron chi connectivity index (χ4n) is 3.63. The third-order valence-corrected chi connectivity index (χ3v) is 5.58. The van der Waals surface area contributed by atoms with E-state index in [4.69, 9.17) is 0 Å². The monoisotopic (exact) mass is 409 g/mol. The van der Waals surface area contributed by atoms with Crippen LogP contribution in [-0.4, -0.2) is 19.1 Å². The van der Waals surface area contributed by atoms with Crippen LogP contribution in [0.25, 0.3) is 0 Å². The van der Waals surface area contributed by atoms with Crippen molar-refractivity contribution >= 4 is 6.03 Å². The first-order chi connectivity index (χ1) is 14.3. The van der Waals surface area contributed by atoms with Crippen molar-refractivity contribution in [2.75, 3.05) is 13.1 Å². The van der Waals surface area contributed by atoms with Crippen LogP contribution < -0.4 is 5.32 Å². The van der Waals surface area contributed by atoms with Crippen molar-refractivity contribution in [1.29, 1.82) is 0 Å². The van der Waals surface area contributed by atoms with Crippen LogP contribution in [0.1, 0.15) is 142 Å². The molecule has 0 aliphatic rings. The molecule has 0 saturated carbocycles. The molecule has 1 N–H and O–H groups in total. The lowest BCUT2D eigenvalue weighted by molar-refractivity contribution is 0.247. The predicted molar refractivity (Wildman–Crippen MR) is 127 cm³/mol. The van der Waals surface area contributed by atoms with Crippen LogP contribution in [0.5, 0.6) is 0 Å². The number of unbranched alkanes of at least 4 members (excludes halogenated alkanes) is 18. The molecule has 0 aromatic carbocycles. The van der Waals surface area contributed by atoms with Crippen molar-refractivity contribution in [1.82, 2.24) is 5.32 Å². The Morgan fingerprint density at radius 3 is 1.38 bits per heavy atom. The molecule has 172 valence electrons. The van der Waals surface area contributed by atoms with Crippen molar-refractivity contribution < 1.29 is 4.79 Å². The summed E-state index contributed by atoms with van der Waals surface area (Å²) in [5, 5.41) is 10.6. The van der Waals surface area contributed by atoms with Gasteiger partial charge in [0.1, 0.15) is 0 Å². The zero-order chi connectivity index (χ0) is 21.3. The number of amides is 2. The highest BCUT2D eigenvalue weighted by atomic mass is 16.2. The van der Waals surface area contributed by atoms with Crippen LogP contribution in [0.4, 0.5) is 4.79 Å². The first kappa shape index (κ1) is 28.1. The molecule has 4 heteroatoms. The summed E-state index contributed by atoms with van der Waals surface area (Å²) in [5.74, 6) is 0. The topological polar surface area (TPSA) is 53.8 Å². The molecule has 0 aliphatic heterocycles. The number of carbonyl (C=O) groups is 1. The highest BCUT2D eigenvalue weighted by Gasteiger charge is 1.98. The molecule has 0 atom stereocenters. The Labute approximate surface area is 182 Å². The number of urea groups is 1. The summed E-state index contributed by atoms with van der Waals surface area (Å²) in [5.41, 5.74) is 0. The highest BCUT2D eigenvalue weighted by Crippen LogP contribution is 2.11. The number of carbonyl (C=O) groups excluding carboxylic acids is 1. The van der Waals surface area contributed by atoms with E-state index in [0.717, 1.165) is 19.4 Å². The highest BCUT2D eigenvalue weighted by molar-refractivity contribution is 5.74.